The van der Waals surface area contributed by atoms with Crippen LogP contribution in [-0.4, -0.2) is 25.5 Å². The lowest BCUT2D eigenvalue weighted by Gasteiger charge is -1.89. The molecule has 0 fully saturated rings. The molecule has 0 bridgehead atoms. The lowest BCUT2D eigenvalue weighted by Crippen LogP contribution is -1.83. The zero-order chi connectivity index (χ0) is 10.1. The number of nitrogens with one attached hydrogen (secondary N) is 1. The fourth-order valence-corrected chi connectivity index (χ4v) is 1.24. The predicted octanol–water partition coefficient (Wildman–Crippen LogP) is 1.11. The van der Waals surface area contributed by atoms with Crippen LogP contribution in [-0.2, 0) is 0 Å². The van der Waals surface area contributed by atoms with Crippen molar-refractivity contribution < 1.29 is 9.05 Å². The maximum Gasteiger partial charge on any atom is 0.232 e. The Hall–Kier alpha value is -2.44. The predicted molar refractivity (Wildman–Crippen MR) is 47.4 cm³/mol. The van der Waals surface area contributed by atoms with Gasteiger partial charge in [-0.2, -0.15) is 0 Å². The summed E-state index contributed by atoms with van der Waals surface area (Å²) in [6, 6.07) is 1.67. The summed E-state index contributed by atoms with van der Waals surface area (Å²) in [5.74, 6) is 0.993. The molecule has 0 aliphatic carbocycles. The van der Waals surface area contributed by atoms with Crippen LogP contribution in [0.5, 0.6) is 0 Å². The molecule has 3 heterocycles. The van der Waals surface area contributed by atoms with Gasteiger partial charge in [-0.1, -0.05) is 5.16 Å². The first-order valence-electron chi connectivity index (χ1n) is 4.18. The number of H-pyrrole nitrogens is 1. The summed E-state index contributed by atoms with van der Waals surface area (Å²) < 4.78 is 9.72. The zero-order valence-corrected chi connectivity index (χ0v) is 7.41. The third kappa shape index (κ3) is 1.21. The Balaban J connectivity index is 2.15. The van der Waals surface area contributed by atoms with Crippen molar-refractivity contribution in [3.05, 3.63) is 24.7 Å². The summed E-state index contributed by atoms with van der Waals surface area (Å²) >= 11 is 0. The van der Waals surface area contributed by atoms with E-state index in [-0.39, 0.29) is 0 Å². The molecule has 3 aromatic rings. The van der Waals surface area contributed by atoms with Crippen molar-refractivity contribution in [2.24, 2.45) is 0 Å². The van der Waals surface area contributed by atoms with Crippen LogP contribution in [0.15, 0.2) is 33.8 Å². The Bertz CT molecular complexity index is 491. The van der Waals surface area contributed by atoms with Crippen molar-refractivity contribution in [3.63, 3.8) is 0 Å². The lowest BCUT2D eigenvalue weighted by molar-refractivity contribution is 0.402. The number of hydrogen-bond acceptors (Lipinski definition) is 6. The van der Waals surface area contributed by atoms with Gasteiger partial charge < -0.3 is 14.0 Å². The fraction of sp³-hybridized carbons (Fsp3) is 0. The second kappa shape index (κ2) is 3.05. The molecule has 0 unspecified atom stereocenters. The lowest BCUT2D eigenvalue weighted by atomic mass is 10.2. The summed E-state index contributed by atoms with van der Waals surface area (Å²) in [7, 11) is 0. The Morgan fingerprint density at radius 1 is 1.33 bits per heavy atom. The highest BCUT2D eigenvalue weighted by atomic mass is 16.5. The van der Waals surface area contributed by atoms with Crippen LogP contribution < -0.4 is 0 Å². The van der Waals surface area contributed by atoms with E-state index < -0.39 is 0 Å². The fourth-order valence-electron chi connectivity index (χ4n) is 1.24. The smallest absolute Gasteiger partial charge is 0.232 e. The Morgan fingerprint density at radius 3 is 3.07 bits per heavy atom. The SMILES string of the molecule is c1c[nH]c(-c2onnc2-c2ccon2)n1. The first-order chi connectivity index (χ1) is 7.45. The van der Waals surface area contributed by atoms with Crippen LogP contribution in [0.3, 0.4) is 0 Å². The van der Waals surface area contributed by atoms with Crippen molar-refractivity contribution >= 4 is 0 Å². The van der Waals surface area contributed by atoms with Crippen LogP contribution >= 0.6 is 0 Å². The summed E-state index contributed by atoms with van der Waals surface area (Å²) in [5.41, 5.74) is 1.06. The Morgan fingerprint density at radius 2 is 2.33 bits per heavy atom. The molecule has 0 amide bonds. The molecule has 7 nitrogen and oxygen atoms in total. The summed E-state index contributed by atoms with van der Waals surface area (Å²) in [5, 5.41) is 11.0. The highest BCUT2D eigenvalue weighted by Gasteiger charge is 2.18. The second-order valence-corrected chi connectivity index (χ2v) is 2.77. The van der Waals surface area contributed by atoms with Gasteiger partial charge in [0.2, 0.25) is 5.76 Å². The van der Waals surface area contributed by atoms with Crippen LogP contribution in [0.4, 0.5) is 0 Å². The molecule has 7 heteroatoms. The van der Waals surface area contributed by atoms with E-state index in [1.165, 1.54) is 6.26 Å². The first-order valence-corrected chi connectivity index (χ1v) is 4.18. The molecule has 74 valence electrons. The van der Waals surface area contributed by atoms with Gasteiger partial charge in [0.15, 0.2) is 11.5 Å². The van der Waals surface area contributed by atoms with Gasteiger partial charge in [0.05, 0.1) is 0 Å². The van der Waals surface area contributed by atoms with E-state index in [2.05, 4.69) is 25.5 Å². The average molecular weight is 203 g/mol. The van der Waals surface area contributed by atoms with Gasteiger partial charge >= 0.3 is 0 Å². The third-order valence-corrected chi connectivity index (χ3v) is 1.88. The van der Waals surface area contributed by atoms with Crippen molar-refractivity contribution in [2.45, 2.75) is 0 Å². The maximum absolute atomic E-state index is 5.00. The topological polar surface area (TPSA) is 93.6 Å². The Labute approximate surface area is 83.1 Å². The molecule has 0 aromatic carbocycles. The molecule has 0 saturated heterocycles. The molecule has 0 atom stereocenters. The molecule has 3 rings (SSSR count). The minimum absolute atomic E-state index is 0.439. The van der Waals surface area contributed by atoms with Gasteiger partial charge in [-0.05, 0) is 0 Å². The molecule has 0 saturated carbocycles. The molecule has 0 aliphatic rings. The van der Waals surface area contributed by atoms with Gasteiger partial charge in [-0.25, -0.2) is 4.98 Å². The summed E-state index contributed by atoms with van der Waals surface area (Å²) in [6.07, 6.45) is 4.75. The number of aromatic amines is 1. The summed E-state index contributed by atoms with van der Waals surface area (Å²) in [6.45, 7) is 0. The number of aromatic nitrogens is 5. The normalized spacial score (nSPS) is 10.7. The zero-order valence-electron chi connectivity index (χ0n) is 7.41. The molecular weight excluding hydrogens is 198 g/mol. The van der Waals surface area contributed by atoms with Crippen molar-refractivity contribution in [1.82, 2.24) is 25.5 Å². The van der Waals surface area contributed by atoms with Crippen molar-refractivity contribution in [3.8, 4) is 23.0 Å². The highest BCUT2D eigenvalue weighted by Crippen LogP contribution is 2.25. The van der Waals surface area contributed by atoms with Gasteiger partial charge in [0, 0.05) is 23.7 Å². The van der Waals surface area contributed by atoms with Gasteiger partial charge in [0.25, 0.3) is 0 Å². The van der Waals surface area contributed by atoms with E-state index in [1.54, 1.807) is 18.5 Å². The van der Waals surface area contributed by atoms with Crippen molar-refractivity contribution in [2.75, 3.05) is 0 Å². The largest absolute Gasteiger partial charge is 0.364 e. The Kier molecular flexibility index (Phi) is 1.61. The second-order valence-electron chi connectivity index (χ2n) is 2.77. The van der Waals surface area contributed by atoms with E-state index in [4.69, 9.17) is 9.05 Å². The standard InChI is InChI=1S/C8H5N5O2/c1-4-14-12-5(1)6-7(15-13-11-6)8-9-2-3-10-8/h1-4H,(H,9,10). The maximum atomic E-state index is 5.00. The number of imidazole rings is 1. The molecule has 3 aromatic heterocycles. The number of hydrogen-bond donors (Lipinski definition) is 1. The van der Waals surface area contributed by atoms with Gasteiger partial charge in [0.1, 0.15) is 12.0 Å². The first kappa shape index (κ1) is 7.92. The molecule has 0 spiro atoms. The van der Waals surface area contributed by atoms with Gasteiger partial charge in [-0.3, -0.25) is 0 Å². The minimum Gasteiger partial charge on any atom is -0.364 e. The van der Waals surface area contributed by atoms with E-state index in [0.29, 0.717) is 23.0 Å². The van der Waals surface area contributed by atoms with E-state index >= 15 is 0 Å². The number of rotatable bonds is 2. The van der Waals surface area contributed by atoms with E-state index in [9.17, 15) is 0 Å². The molecule has 0 radical (unpaired) electrons. The average Bonchev–Trinajstić information content (AvgIpc) is 3.01. The van der Waals surface area contributed by atoms with Gasteiger partial charge in [-0.15, -0.1) is 5.10 Å². The highest BCUT2D eigenvalue weighted by molar-refractivity contribution is 5.69. The van der Waals surface area contributed by atoms with Crippen LogP contribution in [0.1, 0.15) is 0 Å². The van der Waals surface area contributed by atoms with Crippen molar-refractivity contribution in [1.29, 1.82) is 0 Å². The van der Waals surface area contributed by atoms with Crippen LogP contribution in [0.2, 0.25) is 0 Å². The molecule has 15 heavy (non-hydrogen) atoms. The molecule has 1 N–H and O–H groups in total. The third-order valence-electron chi connectivity index (χ3n) is 1.88. The molecular formula is C8H5N5O2. The monoisotopic (exact) mass is 203 g/mol. The quantitative estimate of drug-likeness (QED) is 0.670. The van der Waals surface area contributed by atoms with E-state index in [1.807, 2.05) is 0 Å². The van der Waals surface area contributed by atoms with E-state index in [0.717, 1.165) is 0 Å². The van der Waals surface area contributed by atoms with Crippen LogP contribution in [0.25, 0.3) is 23.0 Å². The summed E-state index contributed by atoms with van der Waals surface area (Å²) in [4.78, 5) is 6.94. The molecule has 0 aliphatic heterocycles. The van der Waals surface area contributed by atoms with Crippen LogP contribution in [0, 0.1) is 0 Å². The number of nitrogens with zero attached hydrogens (tertiary/aromatic N) is 4. The minimum atomic E-state index is 0.439.